The van der Waals surface area contributed by atoms with Crippen LogP contribution in [0.5, 0.6) is 0 Å². The van der Waals surface area contributed by atoms with E-state index < -0.39 is 16.4 Å². The molecule has 0 radical (unpaired) electrons. The summed E-state index contributed by atoms with van der Waals surface area (Å²) >= 11 is 0. The second-order valence-corrected chi connectivity index (χ2v) is 19.8. The van der Waals surface area contributed by atoms with E-state index in [4.69, 9.17) is 18.9 Å². The second kappa shape index (κ2) is 19.8. The zero-order valence-corrected chi connectivity index (χ0v) is 32.0. The van der Waals surface area contributed by atoms with Crippen LogP contribution in [0.4, 0.5) is 0 Å². The molecule has 0 aromatic carbocycles. The normalized spacial score (nSPS) is 27.6. The second-order valence-electron chi connectivity index (χ2n) is 14.4. The molecule has 2 atom stereocenters. The van der Waals surface area contributed by atoms with Crippen molar-refractivity contribution in [3.63, 3.8) is 0 Å². The Morgan fingerprint density at radius 1 is 0.476 bits per heavy atom. The third kappa shape index (κ3) is 14.8. The van der Waals surface area contributed by atoms with Crippen LogP contribution < -0.4 is 0 Å². The van der Waals surface area contributed by atoms with Crippen molar-refractivity contribution in [2.45, 2.75) is 72.1 Å². The number of morpholine rings is 4. The molecule has 0 spiro atoms. The molecule has 4 saturated heterocycles. The summed E-state index contributed by atoms with van der Waals surface area (Å²) in [5, 5.41) is 0. The smallest absolute Gasteiger partial charge is 0.378 e. The van der Waals surface area contributed by atoms with Crippen molar-refractivity contribution >= 4 is 16.4 Å². The van der Waals surface area contributed by atoms with Gasteiger partial charge in [-0.05, 0) is 19.3 Å². The monoisotopic (exact) mass is 813 g/mol. The van der Waals surface area contributed by atoms with Crippen LogP contribution >= 0.6 is 16.4 Å². The van der Waals surface area contributed by atoms with E-state index in [1.54, 1.807) is 0 Å². The molecule has 5 fully saturated rings. The fraction of sp³-hybridized carbons (Fsp3) is 0.935. The molecule has 250 valence electrons. The van der Waals surface area contributed by atoms with Crippen LogP contribution in [0.15, 0.2) is 0 Å². The van der Waals surface area contributed by atoms with Crippen molar-refractivity contribution in [3.8, 4) is 0 Å². The predicted octanol–water partition coefficient (Wildman–Crippen LogP) is 5.06. The molecule has 0 bridgehead atoms. The fourth-order valence-electron chi connectivity index (χ4n) is 6.09. The Morgan fingerprint density at radius 2 is 0.667 bits per heavy atom. The Kier molecular flexibility index (Phi) is 18.6. The number of rotatable bonds is 6. The number of hydrogen-bond donors (Lipinski definition) is 0. The van der Waals surface area contributed by atoms with Gasteiger partial charge >= 0.3 is 21.1 Å². The largest absolute Gasteiger partial charge is 2.00 e. The average molecular weight is 814 g/mol. The molecular weight excluding hydrogens is 749 g/mol. The first-order valence-corrected chi connectivity index (χ1v) is 19.1. The van der Waals surface area contributed by atoms with Gasteiger partial charge in [-0.1, -0.05) is 41.5 Å². The fourth-order valence-corrected chi connectivity index (χ4v) is 14.2. The van der Waals surface area contributed by atoms with Gasteiger partial charge in [-0.2, -0.15) is 29.5 Å². The van der Waals surface area contributed by atoms with E-state index in [1.807, 2.05) is 0 Å². The summed E-state index contributed by atoms with van der Waals surface area (Å²) in [7, 11) is -1.55. The molecule has 2 unspecified atom stereocenters. The Labute approximate surface area is 276 Å². The van der Waals surface area contributed by atoms with Crippen molar-refractivity contribution in [3.05, 3.63) is 13.8 Å². The summed E-state index contributed by atoms with van der Waals surface area (Å²) in [6.45, 7) is 36.2. The van der Waals surface area contributed by atoms with Crippen molar-refractivity contribution < 1.29 is 40.0 Å². The molecule has 1 saturated carbocycles. The van der Waals surface area contributed by atoms with Gasteiger partial charge in [0.25, 0.3) is 0 Å². The van der Waals surface area contributed by atoms with Gasteiger partial charge in [-0.25, -0.2) is 0 Å². The number of hydrogen-bond acceptors (Lipinski definition) is 8. The van der Waals surface area contributed by atoms with Gasteiger partial charge in [0.2, 0.25) is 0 Å². The minimum absolute atomic E-state index is 0. The predicted molar refractivity (Wildman–Crippen MR) is 177 cm³/mol. The third-order valence-corrected chi connectivity index (χ3v) is 14.9. The molecule has 5 rings (SSSR count). The van der Waals surface area contributed by atoms with Gasteiger partial charge in [0.05, 0.1) is 105 Å². The van der Waals surface area contributed by atoms with E-state index >= 15 is 0 Å². The molecular formula is C31H64N4O4P2Pt+2. The molecule has 0 amide bonds. The number of ether oxygens (including phenoxy) is 4. The number of nitrogens with zero attached hydrogens (tertiary/aromatic N) is 4. The molecule has 11 heteroatoms. The van der Waals surface area contributed by atoms with E-state index in [9.17, 15) is 0 Å². The summed E-state index contributed by atoms with van der Waals surface area (Å²) in [6.07, 6.45) is 4.23. The molecule has 4 heterocycles. The van der Waals surface area contributed by atoms with Crippen LogP contribution in [-0.2, 0) is 40.0 Å². The van der Waals surface area contributed by atoms with E-state index in [2.05, 4.69) is 74.1 Å². The summed E-state index contributed by atoms with van der Waals surface area (Å²) in [5.41, 5.74) is 2.20. The molecule has 0 aromatic rings. The summed E-state index contributed by atoms with van der Waals surface area (Å²) in [5.74, 6) is 0. The summed E-state index contributed by atoms with van der Waals surface area (Å²) in [6, 6.07) is 0. The molecule has 0 aromatic heterocycles. The van der Waals surface area contributed by atoms with Gasteiger partial charge in [-0.3, -0.25) is 0 Å². The Hall–Kier alpha value is 1.23. The molecule has 0 N–H and O–H groups in total. The van der Waals surface area contributed by atoms with Gasteiger partial charge in [0.1, 0.15) is 27.8 Å². The summed E-state index contributed by atoms with van der Waals surface area (Å²) < 4.78 is 34.5. The van der Waals surface area contributed by atoms with Crippen LogP contribution in [0.1, 0.15) is 60.8 Å². The van der Waals surface area contributed by atoms with Crippen molar-refractivity contribution in [2.75, 3.05) is 105 Å². The Morgan fingerprint density at radius 3 is 0.857 bits per heavy atom. The van der Waals surface area contributed by atoms with Gasteiger partial charge in [0.15, 0.2) is 0 Å². The first-order valence-electron chi connectivity index (χ1n) is 16.2. The molecule has 42 heavy (non-hydrogen) atoms. The van der Waals surface area contributed by atoms with Crippen molar-refractivity contribution in [2.24, 2.45) is 10.8 Å². The topological polar surface area (TPSA) is 49.9 Å². The van der Waals surface area contributed by atoms with Gasteiger partial charge in [-0.15, -0.1) is 0 Å². The van der Waals surface area contributed by atoms with Crippen LogP contribution in [0.2, 0.25) is 0 Å². The van der Waals surface area contributed by atoms with E-state index in [-0.39, 0.29) is 31.9 Å². The minimum Gasteiger partial charge on any atom is -0.378 e. The first kappa shape index (κ1) is 39.4. The Bertz CT molecular complexity index is 600. The molecule has 5 aliphatic rings. The van der Waals surface area contributed by atoms with Crippen molar-refractivity contribution in [1.29, 1.82) is 0 Å². The maximum atomic E-state index is 5.76. The standard InChI is InChI=1S/C21H40N4O4P2.2C5H11.Pt/c1-2-20(30(22-4-12-26-13-5-22)23-6-14-27-15-7-23)21(3-1)31(24-8-16-28-17-9-24)25-10-18-29-19-11-25;2*1-5(2,3)4;/h20-21H,1-19H2;2*1H2,2-4H3;/q;2*-1;+2/p+2. The summed E-state index contributed by atoms with van der Waals surface area (Å²) in [4.78, 5) is 0. The average Bonchev–Trinajstić information content (AvgIpc) is 3.38. The van der Waals surface area contributed by atoms with Gasteiger partial charge in [0, 0.05) is 0 Å². The van der Waals surface area contributed by atoms with Crippen LogP contribution in [-0.4, -0.2) is 135 Å². The van der Waals surface area contributed by atoms with E-state index in [1.165, 1.54) is 19.3 Å². The zero-order valence-electron chi connectivity index (χ0n) is 27.7. The third-order valence-electron chi connectivity index (χ3n) is 7.52. The van der Waals surface area contributed by atoms with Crippen molar-refractivity contribution in [1.82, 2.24) is 18.7 Å². The quantitative estimate of drug-likeness (QED) is 0.273. The minimum atomic E-state index is -0.775. The maximum absolute atomic E-state index is 5.76. The van der Waals surface area contributed by atoms with E-state index in [0.29, 0.717) is 0 Å². The SMILES string of the molecule is C1CC([PH+](N2CCOCC2)N2CCOCC2)C([PH+](N2CCOCC2)N2CCOCC2)C1.[CH2-]C(C)(C)C.[CH2-]C(C)(C)C.[Pt+2]. The van der Waals surface area contributed by atoms with Crippen LogP contribution in [0.3, 0.4) is 0 Å². The molecule has 1 aliphatic carbocycles. The first-order chi connectivity index (χ1) is 19.4. The van der Waals surface area contributed by atoms with Crippen LogP contribution in [0, 0.1) is 24.7 Å². The van der Waals surface area contributed by atoms with E-state index in [0.717, 1.165) is 117 Å². The Balaban J connectivity index is 0.000000487. The van der Waals surface area contributed by atoms with Gasteiger partial charge < -0.3 is 32.8 Å². The molecule has 8 nitrogen and oxygen atoms in total. The zero-order chi connectivity index (χ0) is 29.9. The maximum Gasteiger partial charge on any atom is 2.00 e. The molecule has 4 aliphatic heterocycles. The van der Waals surface area contributed by atoms with Crippen LogP contribution in [0.25, 0.3) is 0 Å².